The van der Waals surface area contributed by atoms with E-state index in [1.54, 1.807) is 24.0 Å². The van der Waals surface area contributed by atoms with Crippen molar-refractivity contribution in [2.75, 3.05) is 18.8 Å². The minimum absolute atomic E-state index is 0.0113. The number of hydrogen-bond donors (Lipinski definition) is 1. The summed E-state index contributed by atoms with van der Waals surface area (Å²) in [4.78, 5) is 36.2. The summed E-state index contributed by atoms with van der Waals surface area (Å²) < 4.78 is 0. The number of nitrogen functional groups attached to an aromatic ring is 1. The minimum atomic E-state index is -0.410. The first kappa shape index (κ1) is 21.3. The first-order chi connectivity index (χ1) is 14.2. The van der Waals surface area contributed by atoms with Crippen LogP contribution >= 0.6 is 0 Å². The zero-order valence-electron chi connectivity index (χ0n) is 17.3. The minimum Gasteiger partial charge on any atom is -0.399 e. The second-order valence-electron chi connectivity index (χ2n) is 7.62. The topological polar surface area (TPSA) is 110 Å². The number of amides is 2. The number of carbonyl (C=O) groups is 2. The Morgan fingerprint density at radius 3 is 1.87 bits per heavy atom. The van der Waals surface area contributed by atoms with Crippen molar-refractivity contribution >= 4 is 23.2 Å². The fourth-order valence-electron chi connectivity index (χ4n) is 3.77. The third kappa shape index (κ3) is 4.94. The van der Waals surface area contributed by atoms with Crippen molar-refractivity contribution in [2.45, 2.75) is 39.8 Å². The van der Waals surface area contributed by atoms with Gasteiger partial charge < -0.3 is 15.5 Å². The number of rotatable bonds is 1. The van der Waals surface area contributed by atoms with Gasteiger partial charge in [-0.1, -0.05) is 12.1 Å². The average Bonchev–Trinajstić information content (AvgIpc) is 2.72. The molecule has 0 saturated carbocycles. The van der Waals surface area contributed by atoms with Gasteiger partial charge in [0.1, 0.15) is 0 Å². The molecular weight excluding hydrogens is 384 g/mol. The molecular formula is C22H26N4O4. The quantitative estimate of drug-likeness (QED) is 0.442. The molecule has 0 radical (unpaired) electrons. The van der Waals surface area contributed by atoms with Crippen molar-refractivity contribution in [3.63, 3.8) is 0 Å². The van der Waals surface area contributed by atoms with Crippen molar-refractivity contribution in [3.05, 3.63) is 68.8 Å². The molecule has 2 aliphatic rings. The molecule has 2 N–H and O–H groups in total. The SMILES string of the molecule is CC(=O)N1CCc2ccc(N)cc2C1.CC(=O)N1CCc2ccc([N+](=O)[O-])cc2C1. The average molecular weight is 410 g/mol. The third-order valence-corrected chi connectivity index (χ3v) is 5.55. The highest BCUT2D eigenvalue weighted by atomic mass is 16.6. The lowest BCUT2D eigenvalue weighted by atomic mass is 9.99. The Morgan fingerprint density at radius 2 is 1.37 bits per heavy atom. The van der Waals surface area contributed by atoms with E-state index in [9.17, 15) is 19.7 Å². The molecule has 2 aliphatic heterocycles. The second-order valence-corrected chi connectivity index (χ2v) is 7.62. The molecule has 2 aromatic rings. The molecule has 0 spiro atoms. The van der Waals surface area contributed by atoms with Crippen LogP contribution in [-0.4, -0.2) is 39.6 Å². The summed E-state index contributed by atoms with van der Waals surface area (Å²) in [5.41, 5.74) is 11.0. The van der Waals surface area contributed by atoms with Gasteiger partial charge in [0.05, 0.1) is 4.92 Å². The van der Waals surface area contributed by atoms with Crippen LogP contribution in [0.3, 0.4) is 0 Å². The van der Waals surface area contributed by atoms with E-state index in [1.165, 1.54) is 24.1 Å². The molecule has 2 aromatic carbocycles. The first-order valence-electron chi connectivity index (χ1n) is 9.89. The Bertz CT molecular complexity index is 989. The predicted octanol–water partition coefficient (Wildman–Crippen LogP) is 2.67. The lowest BCUT2D eigenvalue weighted by molar-refractivity contribution is -0.385. The van der Waals surface area contributed by atoms with Gasteiger partial charge in [0.2, 0.25) is 11.8 Å². The van der Waals surface area contributed by atoms with E-state index in [0.717, 1.165) is 36.2 Å². The highest BCUT2D eigenvalue weighted by Gasteiger charge is 2.20. The molecule has 2 amide bonds. The zero-order chi connectivity index (χ0) is 21.8. The maximum Gasteiger partial charge on any atom is 0.269 e. The monoisotopic (exact) mass is 410 g/mol. The van der Waals surface area contributed by atoms with Gasteiger partial charge in [-0.2, -0.15) is 0 Å². The molecule has 4 rings (SSSR count). The number of anilines is 1. The van der Waals surface area contributed by atoms with Crippen LogP contribution in [-0.2, 0) is 35.5 Å². The molecule has 0 bridgehead atoms. The maximum absolute atomic E-state index is 11.2. The highest BCUT2D eigenvalue weighted by Crippen LogP contribution is 2.24. The van der Waals surface area contributed by atoms with Gasteiger partial charge in [0, 0.05) is 57.8 Å². The number of nitro benzene ring substituents is 1. The standard InChI is InChI=1S/C11H12N2O3.C11H14N2O/c1-8(14)12-5-4-9-2-3-11(13(15)16)6-10(9)7-12;1-8(14)13-5-4-9-2-3-11(12)6-10(9)7-13/h2-3,6H,4-5,7H2,1H3;2-3,6H,4-5,7,12H2,1H3. The lowest BCUT2D eigenvalue weighted by Gasteiger charge is -2.28. The van der Waals surface area contributed by atoms with E-state index in [0.29, 0.717) is 19.6 Å². The fourth-order valence-corrected chi connectivity index (χ4v) is 3.77. The van der Waals surface area contributed by atoms with Gasteiger partial charge in [0.15, 0.2) is 0 Å². The Hall–Kier alpha value is -3.42. The number of nitro groups is 1. The molecule has 8 heteroatoms. The fraction of sp³-hybridized carbons (Fsp3) is 0.364. The molecule has 0 unspecified atom stereocenters. The van der Waals surface area contributed by atoms with Crippen LogP contribution in [0.25, 0.3) is 0 Å². The number of benzene rings is 2. The van der Waals surface area contributed by atoms with Gasteiger partial charge in [-0.05, 0) is 47.2 Å². The summed E-state index contributed by atoms with van der Waals surface area (Å²) in [7, 11) is 0. The Labute approximate surface area is 175 Å². The Morgan fingerprint density at radius 1 is 0.867 bits per heavy atom. The molecule has 0 aromatic heterocycles. The van der Waals surface area contributed by atoms with Gasteiger partial charge >= 0.3 is 0 Å². The van der Waals surface area contributed by atoms with Crippen LogP contribution in [0.15, 0.2) is 36.4 Å². The normalized spacial score (nSPS) is 14.7. The summed E-state index contributed by atoms with van der Waals surface area (Å²) in [6.45, 7) is 5.83. The summed E-state index contributed by atoms with van der Waals surface area (Å²) in [6, 6.07) is 10.8. The van der Waals surface area contributed by atoms with E-state index in [-0.39, 0.29) is 17.5 Å². The molecule has 30 heavy (non-hydrogen) atoms. The summed E-state index contributed by atoms with van der Waals surface area (Å²) in [5.74, 6) is 0.148. The van der Waals surface area contributed by atoms with Crippen LogP contribution in [0.5, 0.6) is 0 Å². The van der Waals surface area contributed by atoms with Gasteiger partial charge in [-0.15, -0.1) is 0 Å². The first-order valence-corrected chi connectivity index (χ1v) is 9.89. The molecule has 2 heterocycles. The Kier molecular flexibility index (Phi) is 6.34. The molecule has 8 nitrogen and oxygen atoms in total. The maximum atomic E-state index is 11.2. The molecule has 0 saturated heterocycles. The van der Waals surface area contributed by atoms with E-state index in [2.05, 4.69) is 6.07 Å². The summed E-state index contributed by atoms with van der Waals surface area (Å²) in [6.07, 6.45) is 1.71. The van der Waals surface area contributed by atoms with E-state index in [1.807, 2.05) is 17.0 Å². The largest absolute Gasteiger partial charge is 0.399 e. The molecule has 0 atom stereocenters. The van der Waals surface area contributed by atoms with Gasteiger partial charge in [-0.3, -0.25) is 19.7 Å². The molecule has 158 valence electrons. The van der Waals surface area contributed by atoms with Crippen molar-refractivity contribution in [1.29, 1.82) is 0 Å². The third-order valence-electron chi connectivity index (χ3n) is 5.55. The Balaban J connectivity index is 0.000000172. The number of nitrogens with two attached hydrogens (primary N) is 1. The smallest absolute Gasteiger partial charge is 0.269 e. The summed E-state index contributed by atoms with van der Waals surface area (Å²) in [5, 5.41) is 10.6. The summed E-state index contributed by atoms with van der Waals surface area (Å²) >= 11 is 0. The highest BCUT2D eigenvalue weighted by molar-refractivity contribution is 5.74. The van der Waals surface area contributed by atoms with Crippen molar-refractivity contribution in [2.24, 2.45) is 0 Å². The van der Waals surface area contributed by atoms with Crippen LogP contribution in [0.2, 0.25) is 0 Å². The van der Waals surface area contributed by atoms with Crippen molar-refractivity contribution in [3.8, 4) is 0 Å². The van der Waals surface area contributed by atoms with E-state index in [4.69, 9.17) is 5.73 Å². The van der Waals surface area contributed by atoms with Crippen molar-refractivity contribution in [1.82, 2.24) is 9.80 Å². The van der Waals surface area contributed by atoms with E-state index < -0.39 is 4.92 Å². The lowest BCUT2D eigenvalue weighted by Crippen LogP contribution is -2.34. The number of nitrogens with zero attached hydrogens (tertiary/aromatic N) is 3. The van der Waals surface area contributed by atoms with E-state index >= 15 is 0 Å². The number of hydrogen-bond acceptors (Lipinski definition) is 5. The van der Waals surface area contributed by atoms with Crippen LogP contribution < -0.4 is 5.73 Å². The van der Waals surface area contributed by atoms with Gasteiger partial charge in [0.25, 0.3) is 5.69 Å². The van der Waals surface area contributed by atoms with Gasteiger partial charge in [-0.25, -0.2) is 0 Å². The van der Waals surface area contributed by atoms with Crippen LogP contribution in [0.4, 0.5) is 11.4 Å². The number of carbonyl (C=O) groups excluding carboxylic acids is 2. The predicted molar refractivity (Wildman–Crippen MR) is 114 cm³/mol. The zero-order valence-corrected chi connectivity index (χ0v) is 17.3. The molecule has 0 fully saturated rings. The number of fused-ring (bicyclic) bond motifs is 2. The second kappa shape index (κ2) is 8.94. The van der Waals surface area contributed by atoms with Crippen molar-refractivity contribution < 1.29 is 14.5 Å². The van der Waals surface area contributed by atoms with Crippen LogP contribution in [0.1, 0.15) is 36.1 Å². The molecule has 0 aliphatic carbocycles. The van der Waals surface area contributed by atoms with Crippen LogP contribution in [0, 0.1) is 10.1 Å². The number of non-ortho nitro benzene ring substituents is 1.